The number of fused-ring (bicyclic) bond motifs is 1. The first kappa shape index (κ1) is 14.7. The Hall–Kier alpha value is -2.25. The van der Waals surface area contributed by atoms with Gasteiger partial charge in [0.15, 0.2) is 0 Å². The van der Waals surface area contributed by atoms with E-state index in [1.54, 1.807) is 11.0 Å². The van der Waals surface area contributed by atoms with Crippen molar-refractivity contribution in [1.29, 1.82) is 0 Å². The summed E-state index contributed by atoms with van der Waals surface area (Å²) < 4.78 is 14.4. The Kier molecular flexibility index (Phi) is 3.91. The topological polar surface area (TPSA) is 67.1 Å². The average Bonchev–Trinajstić information content (AvgIpc) is 2.52. The fraction of sp³-hybridized carbons (Fsp3) is 0.0667. The molecule has 3 N–H and O–H groups in total. The van der Waals surface area contributed by atoms with Crippen molar-refractivity contribution in [2.45, 2.75) is 0 Å². The lowest BCUT2D eigenvalue weighted by atomic mass is 10.2. The van der Waals surface area contributed by atoms with E-state index in [1.807, 2.05) is 31.3 Å². The first-order valence-electron chi connectivity index (χ1n) is 6.51. The van der Waals surface area contributed by atoms with Crippen molar-refractivity contribution in [1.82, 2.24) is 9.97 Å². The first-order valence-corrected chi connectivity index (χ1v) is 7.31. The van der Waals surface area contributed by atoms with Gasteiger partial charge in [-0.3, -0.25) is 5.43 Å². The fourth-order valence-corrected chi connectivity index (χ4v) is 2.56. The lowest BCUT2D eigenvalue weighted by Crippen LogP contribution is -2.16. The summed E-state index contributed by atoms with van der Waals surface area (Å²) in [4.78, 5) is 10.5. The summed E-state index contributed by atoms with van der Waals surface area (Å²) in [5, 5.41) is 0.842. The standard InChI is InChI=1S/C15H13BrFN5/c1-22(11-4-2-3-10(17)8-11)14-12-6-5-9(16)7-13(12)19-15(20-14)21-18/h2-8H,18H2,1H3,(H,19,20,21). The molecule has 0 saturated heterocycles. The van der Waals surface area contributed by atoms with Crippen LogP contribution in [0.5, 0.6) is 0 Å². The van der Waals surface area contributed by atoms with E-state index in [2.05, 4.69) is 31.3 Å². The molecule has 22 heavy (non-hydrogen) atoms. The number of nitrogens with two attached hydrogens (primary N) is 1. The molecule has 1 heterocycles. The third-order valence-electron chi connectivity index (χ3n) is 3.28. The molecule has 0 atom stereocenters. The van der Waals surface area contributed by atoms with Crippen molar-refractivity contribution in [3.8, 4) is 0 Å². The lowest BCUT2D eigenvalue weighted by Gasteiger charge is -2.20. The Morgan fingerprint density at radius 1 is 1.18 bits per heavy atom. The second kappa shape index (κ2) is 5.86. The van der Waals surface area contributed by atoms with Gasteiger partial charge in [-0.2, -0.15) is 4.98 Å². The number of nitrogen functional groups attached to an aromatic ring is 1. The highest BCUT2D eigenvalue weighted by Gasteiger charge is 2.13. The van der Waals surface area contributed by atoms with Crippen molar-refractivity contribution >= 4 is 44.3 Å². The Morgan fingerprint density at radius 2 is 2.00 bits per heavy atom. The number of halogens is 2. The maximum atomic E-state index is 13.5. The maximum absolute atomic E-state index is 13.5. The molecule has 0 bridgehead atoms. The summed E-state index contributed by atoms with van der Waals surface area (Å²) in [5.74, 6) is 6.07. The monoisotopic (exact) mass is 361 g/mol. The number of benzene rings is 2. The minimum Gasteiger partial charge on any atom is -0.329 e. The van der Waals surface area contributed by atoms with E-state index in [0.29, 0.717) is 17.5 Å². The number of aromatic nitrogens is 2. The van der Waals surface area contributed by atoms with Crippen molar-refractivity contribution in [2.24, 2.45) is 5.84 Å². The molecule has 0 radical (unpaired) electrons. The molecule has 0 aliphatic heterocycles. The molecule has 2 aromatic carbocycles. The highest BCUT2D eigenvalue weighted by Crippen LogP contribution is 2.31. The van der Waals surface area contributed by atoms with Gasteiger partial charge in [0.25, 0.3) is 0 Å². The molecule has 112 valence electrons. The van der Waals surface area contributed by atoms with Gasteiger partial charge >= 0.3 is 0 Å². The van der Waals surface area contributed by atoms with E-state index in [-0.39, 0.29) is 5.82 Å². The van der Waals surface area contributed by atoms with Gasteiger partial charge in [-0.1, -0.05) is 22.0 Å². The van der Waals surface area contributed by atoms with Crippen LogP contribution in [-0.2, 0) is 0 Å². The van der Waals surface area contributed by atoms with Crippen LogP contribution in [0.3, 0.4) is 0 Å². The third-order valence-corrected chi connectivity index (χ3v) is 3.77. The van der Waals surface area contributed by atoms with Crippen LogP contribution >= 0.6 is 15.9 Å². The molecule has 0 unspecified atom stereocenters. The van der Waals surface area contributed by atoms with Crippen LogP contribution < -0.4 is 16.2 Å². The number of hydrogen-bond acceptors (Lipinski definition) is 5. The number of hydrogen-bond donors (Lipinski definition) is 2. The van der Waals surface area contributed by atoms with Gasteiger partial charge in [0.1, 0.15) is 11.6 Å². The molecule has 5 nitrogen and oxygen atoms in total. The molecule has 0 saturated carbocycles. The van der Waals surface area contributed by atoms with Gasteiger partial charge in [-0.15, -0.1) is 0 Å². The van der Waals surface area contributed by atoms with Crippen LogP contribution in [-0.4, -0.2) is 17.0 Å². The summed E-state index contributed by atoms with van der Waals surface area (Å²) in [7, 11) is 1.82. The van der Waals surface area contributed by atoms with Crippen LogP contribution in [0.2, 0.25) is 0 Å². The van der Waals surface area contributed by atoms with E-state index in [4.69, 9.17) is 5.84 Å². The molecule has 0 aliphatic rings. The zero-order valence-corrected chi connectivity index (χ0v) is 13.3. The molecule has 0 amide bonds. The van der Waals surface area contributed by atoms with E-state index in [9.17, 15) is 4.39 Å². The van der Waals surface area contributed by atoms with Crippen LogP contribution in [0.25, 0.3) is 10.9 Å². The number of nitrogens with zero attached hydrogens (tertiary/aromatic N) is 3. The fourth-order valence-electron chi connectivity index (χ4n) is 2.21. The molecule has 3 rings (SSSR count). The molecular formula is C15H13BrFN5. The summed E-state index contributed by atoms with van der Waals surface area (Å²) in [6, 6.07) is 12.0. The predicted octanol–water partition coefficient (Wildman–Crippen LogP) is 3.58. The van der Waals surface area contributed by atoms with Gasteiger partial charge in [-0.05, 0) is 36.4 Å². The van der Waals surface area contributed by atoms with E-state index >= 15 is 0 Å². The molecule has 0 fully saturated rings. The number of nitrogens with one attached hydrogen (secondary N) is 1. The van der Waals surface area contributed by atoms with Gasteiger partial charge in [0, 0.05) is 22.6 Å². The molecular weight excluding hydrogens is 349 g/mol. The second-order valence-corrected chi connectivity index (χ2v) is 5.63. The maximum Gasteiger partial charge on any atom is 0.239 e. The minimum atomic E-state index is -0.303. The van der Waals surface area contributed by atoms with Crippen LogP contribution in [0.1, 0.15) is 0 Å². The molecule has 7 heteroatoms. The SMILES string of the molecule is CN(c1cccc(F)c1)c1nc(NN)nc2cc(Br)ccc12. The normalized spacial score (nSPS) is 10.7. The Labute approximate surface area is 135 Å². The smallest absolute Gasteiger partial charge is 0.239 e. The van der Waals surface area contributed by atoms with Gasteiger partial charge < -0.3 is 4.90 Å². The Bertz CT molecular complexity index is 839. The van der Waals surface area contributed by atoms with Crippen LogP contribution in [0.15, 0.2) is 46.9 Å². The van der Waals surface area contributed by atoms with Gasteiger partial charge in [0.05, 0.1) is 5.52 Å². The first-order chi connectivity index (χ1) is 10.6. The zero-order valence-electron chi connectivity index (χ0n) is 11.7. The van der Waals surface area contributed by atoms with Crippen molar-refractivity contribution < 1.29 is 4.39 Å². The minimum absolute atomic E-state index is 0.295. The number of rotatable bonds is 3. The van der Waals surface area contributed by atoms with Crippen LogP contribution in [0.4, 0.5) is 21.8 Å². The van der Waals surface area contributed by atoms with Crippen LogP contribution in [0, 0.1) is 5.82 Å². The summed E-state index contributed by atoms with van der Waals surface area (Å²) in [6.45, 7) is 0. The third kappa shape index (κ3) is 2.72. The summed E-state index contributed by atoms with van der Waals surface area (Å²) in [5.41, 5.74) is 3.88. The summed E-state index contributed by atoms with van der Waals surface area (Å²) >= 11 is 3.42. The Balaban J connectivity index is 2.20. The average molecular weight is 362 g/mol. The van der Waals surface area contributed by atoms with Crippen molar-refractivity contribution in [3.05, 3.63) is 52.8 Å². The van der Waals surface area contributed by atoms with E-state index < -0.39 is 0 Å². The molecule has 3 aromatic rings. The number of hydrazine groups is 1. The molecule has 0 spiro atoms. The zero-order chi connectivity index (χ0) is 15.7. The summed E-state index contributed by atoms with van der Waals surface area (Å²) in [6.07, 6.45) is 0. The predicted molar refractivity (Wildman–Crippen MR) is 89.5 cm³/mol. The lowest BCUT2D eigenvalue weighted by molar-refractivity contribution is 0.628. The highest BCUT2D eigenvalue weighted by molar-refractivity contribution is 9.10. The largest absolute Gasteiger partial charge is 0.329 e. The van der Waals surface area contributed by atoms with E-state index in [1.165, 1.54) is 12.1 Å². The molecule has 0 aliphatic carbocycles. The van der Waals surface area contributed by atoms with Gasteiger partial charge in [0.2, 0.25) is 5.95 Å². The number of anilines is 3. The second-order valence-electron chi connectivity index (χ2n) is 4.72. The van der Waals surface area contributed by atoms with Crippen molar-refractivity contribution in [2.75, 3.05) is 17.4 Å². The molecule has 1 aromatic heterocycles. The Morgan fingerprint density at radius 3 is 2.73 bits per heavy atom. The van der Waals surface area contributed by atoms with Crippen molar-refractivity contribution in [3.63, 3.8) is 0 Å². The quantitative estimate of drug-likeness (QED) is 0.551. The highest BCUT2D eigenvalue weighted by atomic mass is 79.9. The van der Waals surface area contributed by atoms with E-state index in [0.717, 1.165) is 15.4 Å². The van der Waals surface area contributed by atoms with Gasteiger partial charge in [-0.25, -0.2) is 15.2 Å².